The second-order valence-electron chi connectivity index (χ2n) is 8.08. The predicted molar refractivity (Wildman–Crippen MR) is 134 cm³/mol. The fourth-order valence-electron chi connectivity index (χ4n) is 3.84. The number of benzene rings is 3. The molecule has 0 saturated carbocycles. The van der Waals surface area contributed by atoms with E-state index in [0.717, 1.165) is 12.1 Å². The summed E-state index contributed by atoms with van der Waals surface area (Å²) in [5, 5.41) is 16.6. The number of alkyl halides is 3. The molecule has 0 aliphatic heterocycles. The highest BCUT2D eigenvalue weighted by molar-refractivity contribution is 7.98. The minimum Gasteiger partial charge on any atom is -0.493 e. The van der Waals surface area contributed by atoms with E-state index in [0.29, 0.717) is 50.2 Å². The van der Waals surface area contributed by atoms with Gasteiger partial charge in [0.2, 0.25) is 0 Å². The first kappa shape index (κ1) is 25.3. The number of aromatic nitrogens is 4. The monoisotopic (exact) mass is 541 g/mol. The first-order chi connectivity index (χ1) is 18.2. The van der Waals surface area contributed by atoms with Crippen LogP contribution in [0.2, 0.25) is 0 Å². The minimum absolute atomic E-state index is 0.0706. The molecule has 2 heterocycles. The third-order valence-corrected chi connectivity index (χ3v) is 6.71. The first-order valence-corrected chi connectivity index (χ1v) is 12.0. The van der Waals surface area contributed by atoms with E-state index in [1.807, 2.05) is 0 Å². The van der Waals surface area contributed by atoms with Gasteiger partial charge in [-0.15, -0.1) is 5.10 Å². The number of nitro groups is 1. The average Bonchev–Trinajstić information content (AvgIpc) is 3.36. The van der Waals surface area contributed by atoms with Gasteiger partial charge in [-0.3, -0.25) is 10.1 Å². The van der Waals surface area contributed by atoms with Crippen LogP contribution in [0.4, 0.5) is 18.9 Å². The lowest BCUT2D eigenvalue weighted by Gasteiger charge is -2.11. The van der Waals surface area contributed by atoms with Crippen molar-refractivity contribution in [2.75, 3.05) is 14.2 Å². The molecule has 2 aromatic heterocycles. The molecule has 38 heavy (non-hydrogen) atoms. The van der Waals surface area contributed by atoms with Crippen LogP contribution in [0.3, 0.4) is 0 Å². The number of hydrogen-bond donors (Lipinski definition) is 0. The van der Waals surface area contributed by atoms with Crippen LogP contribution in [0.5, 0.6) is 11.5 Å². The molecule has 0 aliphatic rings. The number of nitrogens with zero attached hydrogens (tertiary/aromatic N) is 5. The summed E-state index contributed by atoms with van der Waals surface area (Å²) in [7, 11) is 3.00. The summed E-state index contributed by atoms with van der Waals surface area (Å²) < 4.78 is 51.9. The Morgan fingerprint density at radius 1 is 1.00 bits per heavy atom. The zero-order valence-corrected chi connectivity index (χ0v) is 20.7. The Bertz CT molecular complexity index is 1670. The van der Waals surface area contributed by atoms with Gasteiger partial charge < -0.3 is 9.47 Å². The quantitative estimate of drug-likeness (QED) is 0.104. The van der Waals surface area contributed by atoms with E-state index in [1.54, 1.807) is 30.3 Å². The van der Waals surface area contributed by atoms with E-state index in [4.69, 9.17) is 14.5 Å². The van der Waals surface area contributed by atoms with Crippen molar-refractivity contribution in [3.63, 3.8) is 0 Å². The summed E-state index contributed by atoms with van der Waals surface area (Å²) in [6, 6.07) is 14.3. The summed E-state index contributed by atoms with van der Waals surface area (Å²) in [5.74, 6) is 1.39. The highest BCUT2D eigenvalue weighted by Crippen LogP contribution is 2.36. The summed E-state index contributed by atoms with van der Waals surface area (Å²) in [6.45, 7) is 0. The summed E-state index contributed by atoms with van der Waals surface area (Å²) in [6.07, 6.45) is -4.45. The van der Waals surface area contributed by atoms with Gasteiger partial charge >= 0.3 is 6.18 Å². The van der Waals surface area contributed by atoms with Crippen LogP contribution in [0, 0.1) is 10.1 Å². The number of halogens is 3. The molecule has 3 aromatic carbocycles. The van der Waals surface area contributed by atoms with Gasteiger partial charge in [-0.2, -0.15) is 17.7 Å². The first-order valence-electron chi connectivity index (χ1n) is 11.0. The number of nitro benzene ring substituents is 1. The lowest BCUT2D eigenvalue weighted by molar-refractivity contribution is -0.384. The zero-order chi connectivity index (χ0) is 27.0. The molecule has 0 N–H and O–H groups in total. The van der Waals surface area contributed by atoms with Crippen molar-refractivity contribution in [3.8, 4) is 22.9 Å². The molecule has 0 amide bonds. The molecule has 5 aromatic rings. The van der Waals surface area contributed by atoms with E-state index >= 15 is 0 Å². The number of hydrogen-bond acceptors (Lipinski definition) is 8. The Balaban J connectivity index is 1.62. The van der Waals surface area contributed by atoms with E-state index in [1.165, 1.54) is 48.7 Å². The Kier molecular flexibility index (Phi) is 6.53. The number of non-ortho nitro benzene ring substituents is 1. The van der Waals surface area contributed by atoms with Crippen molar-refractivity contribution in [2.24, 2.45) is 0 Å². The third-order valence-electron chi connectivity index (χ3n) is 5.71. The van der Waals surface area contributed by atoms with Crippen molar-refractivity contribution < 1.29 is 27.6 Å². The normalized spacial score (nSPS) is 11.7. The molecule has 9 nitrogen and oxygen atoms in total. The van der Waals surface area contributed by atoms with Gasteiger partial charge in [0, 0.05) is 34.9 Å². The van der Waals surface area contributed by atoms with Crippen molar-refractivity contribution in [2.45, 2.75) is 17.1 Å². The molecule has 0 radical (unpaired) electrons. The molecule has 0 atom stereocenters. The molecule has 13 heteroatoms. The van der Waals surface area contributed by atoms with E-state index in [9.17, 15) is 23.3 Å². The van der Waals surface area contributed by atoms with Gasteiger partial charge in [-0.25, -0.2) is 9.97 Å². The molecule has 194 valence electrons. The van der Waals surface area contributed by atoms with Crippen LogP contribution in [0.15, 0.2) is 65.8 Å². The van der Waals surface area contributed by atoms with Gasteiger partial charge in [0.25, 0.3) is 5.69 Å². The highest BCUT2D eigenvalue weighted by atomic mass is 32.2. The molecule has 0 bridgehead atoms. The highest BCUT2D eigenvalue weighted by Gasteiger charge is 2.30. The SMILES string of the molecule is COc1cc2nc(SCc3cccc(C(F)(F)F)c3)n3nc(-c4ccc([N+](=O)[O-])cc4)nc3c2cc1OC. The number of rotatable bonds is 7. The van der Waals surface area contributed by atoms with Gasteiger partial charge in [0.15, 0.2) is 28.1 Å². The molecular formula is C25H18F3N5O4S. The van der Waals surface area contributed by atoms with Gasteiger partial charge in [0.05, 0.1) is 30.2 Å². The number of methoxy groups -OCH3 is 2. The summed E-state index contributed by atoms with van der Waals surface area (Å²) >= 11 is 1.20. The molecule has 0 fully saturated rings. The Labute approximate surface area is 217 Å². The van der Waals surface area contributed by atoms with Crippen LogP contribution in [-0.4, -0.2) is 38.7 Å². The third kappa shape index (κ3) is 4.79. The maximum Gasteiger partial charge on any atom is 0.416 e. The molecular weight excluding hydrogens is 523 g/mol. The van der Waals surface area contributed by atoms with Crippen molar-refractivity contribution in [1.82, 2.24) is 19.6 Å². The molecule has 0 aliphatic carbocycles. The van der Waals surface area contributed by atoms with Crippen molar-refractivity contribution >= 4 is 34.0 Å². The second kappa shape index (κ2) is 9.82. The summed E-state index contributed by atoms with van der Waals surface area (Å²) in [4.78, 5) is 19.9. The zero-order valence-electron chi connectivity index (χ0n) is 19.9. The second-order valence-corrected chi connectivity index (χ2v) is 9.02. The standard InChI is InChI=1S/C25H18F3N5O4S/c1-36-20-11-18-19(12-21(20)37-2)29-24(38-13-14-4-3-5-16(10-14)25(26,27)28)32-23(18)30-22(31-32)15-6-8-17(9-7-15)33(34)35/h3-12H,13H2,1-2H3. The maximum absolute atomic E-state index is 13.2. The van der Waals surface area contributed by atoms with Crippen LogP contribution in [-0.2, 0) is 11.9 Å². The van der Waals surface area contributed by atoms with Gasteiger partial charge in [-0.1, -0.05) is 30.0 Å². The lowest BCUT2D eigenvalue weighted by atomic mass is 10.1. The number of fused-ring (bicyclic) bond motifs is 3. The molecule has 0 spiro atoms. The fraction of sp³-hybridized carbons (Fsp3) is 0.160. The topological polar surface area (TPSA) is 105 Å². The van der Waals surface area contributed by atoms with Gasteiger partial charge in [-0.05, 0) is 29.8 Å². The fourth-order valence-corrected chi connectivity index (χ4v) is 4.73. The summed E-state index contributed by atoms with van der Waals surface area (Å²) in [5.41, 5.74) is 1.15. The Morgan fingerprint density at radius 3 is 2.37 bits per heavy atom. The van der Waals surface area contributed by atoms with Crippen LogP contribution in [0.1, 0.15) is 11.1 Å². The van der Waals surface area contributed by atoms with Crippen LogP contribution < -0.4 is 9.47 Å². The van der Waals surface area contributed by atoms with Gasteiger partial charge in [0.1, 0.15) is 0 Å². The van der Waals surface area contributed by atoms with Crippen molar-refractivity contribution in [3.05, 3.63) is 81.9 Å². The number of ether oxygens (including phenoxy) is 2. The largest absolute Gasteiger partial charge is 0.493 e. The van der Waals surface area contributed by atoms with E-state index in [-0.39, 0.29) is 11.4 Å². The average molecular weight is 542 g/mol. The molecule has 0 unspecified atom stereocenters. The molecule has 5 rings (SSSR count). The Morgan fingerprint density at radius 2 is 1.71 bits per heavy atom. The van der Waals surface area contributed by atoms with Crippen molar-refractivity contribution in [1.29, 1.82) is 0 Å². The van der Waals surface area contributed by atoms with E-state index in [2.05, 4.69) is 10.1 Å². The van der Waals surface area contributed by atoms with Crippen LogP contribution in [0.25, 0.3) is 27.9 Å². The maximum atomic E-state index is 13.2. The van der Waals surface area contributed by atoms with Crippen LogP contribution >= 0.6 is 11.8 Å². The predicted octanol–water partition coefficient (Wildman–Crippen LogP) is 6.18. The Hall–Kier alpha value is -4.39. The number of thioether (sulfide) groups is 1. The van der Waals surface area contributed by atoms with E-state index < -0.39 is 16.7 Å². The molecule has 0 saturated heterocycles. The minimum atomic E-state index is -4.45. The smallest absolute Gasteiger partial charge is 0.416 e. The lowest BCUT2D eigenvalue weighted by Crippen LogP contribution is -2.05.